The Labute approximate surface area is 130 Å². The molecular weight excluding hydrogens is 284 g/mol. The van der Waals surface area contributed by atoms with Gasteiger partial charge in [0.15, 0.2) is 6.61 Å². The van der Waals surface area contributed by atoms with Crippen molar-refractivity contribution in [2.75, 3.05) is 30.0 Å². The Morgan fingerprint density at radius 1 is 1.41 bits per heavy atom. The Morgan fingerprint density at radius 2 is 2.09 bits per heavy atom. The summed E-state index contributed by atoms with van der Waals surface area (Å²) in [6.45, 7) is 6.18. The highest BCUT2D eigenvalue weighted by molar-refractivity contribution is 5.97. The summed E-state index contributed by atoms with van der Waals surface area (Å²) < 4.78 is 5.49. The van der Waals surface area contributed by atoms with Crippen molar-refractivity contribution in [3.8, 4) is 5.75 Å². The van der Waals surface area contributed by atoms with Gasteiger partial charge in [0.2, 0.25) is 0 Å². The summed E-state index contributed by atoms with van der Waals surface area (Å²) >= 11 is 0. The summed E-state index contributed by atoms with van der Waals surface area (Å²) in [6.07, 6.45) is 0. The monoisotopic (exact) mass is 306 g/mol. The van der Waals surface area contributed by atoms with E-state index >= 15 is 0 Å². The smallest absolute Gasteiger partial charge is 0.308 e. The quantitative estimate of drug-likeness (QED) is 0.900. The molecule has 1 heterocycles. The number of likely N-dealkylation sites (N-methyl/N-ethyl adjacent to an activating group) is 1. The molecular formula is C16H22N2O4. The lowest BCUT2D eigenvalue weighted by molar-refractivity contribution is -0.140. The molecule has 1 N–H and O–H groups in total. The first-order valence-corrected chi connectivity index (χ1v) is 7.34. The number of hydrogen-bond acceptors (Lipinski definition) is 4. The second kappa shape index (κ2) is 6.25. The topological polar surface area (TPSA) is 70.1 Å². The largest absolute Gasteiger partial charge is 0.481 e. The van der Waals surface area contributed by atoms with Gasteiger partial charge in [0.1, 0.15) is 5.75 Å². The second-order valence-corrected chi connectivity index (χ2v) is 5.88. The van der Waals surface area contributed by atoms with Crippen LogP contribution >= 0.6 is 0 Å². The fraction of sp³-hybridized carbons (Fsp3) is 0.500. The van der Waals surface area contributed by atoms with Gasteiger partial charge in [0.25, 0.3) is 5.91 Å². The van der Waals surface area contributed by atoms with E-state index in [0.29, 0.717) is 12.3 Å². The second-order valence-electron chi connectivity index (χ2n) is 5.88. The van der Waals surface area contributed by atoms with Gasteiger partial charge in [-0.2, -0.15) is 0 Å². The van der Waals surface area contributed by atoms with Gasteiger partial charge in [-0.1, -0.05) is 6.92 Å². The van der Waals surface area contributed by atoms with Crippen LogP contribution in [0.2, 0.25) is 0 Å². The number of amides is 1. The fourth-order valence-corrected chi connectivity index (χ4v) is 2.43. The van der Waals surface area contributed by atoms with Crippen molar-refractivity contribution in [3.63, 3.8) is 0 Å². The van der Waals surface area contributed by atoms with E-state index in [4.69, 9.17) is 9.84 Å². The summed E-state index contributed by atoms with van der Waals surface area (Å²) in [4.78, 5) is 26.3. The molecule has 0 aromatic heterocycles. The van der Waals surface area contributed by atoms with E-state index < -0.39 is 11.9 Å². The first-order valence-electron chi connectivity index (χ1n) is 7.34. The standard InChI is InChI=1S/C16H22N2O4/c1-10(2)18(8-11(3)16(20)21)12-5-6-13-14(7-12)22-9-15(19)17(13)4/h5-7,10-11H,8-9H2,1-4H3,(H,20,21). The number of hydrogen-bond donors (Lipinski definition) is 1. The van der Waals surface area contributed by atoms with Crippen LogP contribution in [0.5, 0.6) is 5.75 Å². The third-order valence-electron chi connectivity index (χ3n) is 3.88. The van der Waals surface area contributed by atoms with E-state index in [0.717, 1.165) is 11.4 Å². The van der Waals surface area contributed by atoms with Crippen LogP contribution in [-0.2, 0) is 9.59 Å². The molecule has 0 saturated carbocycles. The van der Waals surface area contributed by atoms with Crippen LogP contribution in [0.3, 0.4) is 0 Å². The molecule has 0 fully saturated rings. The third kappa shape index (κ3) is 3.16. The fourth-order valence-electron chi connectivity index (χ4n) is 2.43. The third-order valence-corrected chi connectivity index (χ3v) is 3.88. The van der Waals surface area contributed by atoms with Crippen molar-refractivity contribution < 1.29 is 19.4 Å². The SMILES string of the molecule is CC(CN(c1ccc2c(c1)OCC(=O)N2C)C(C)C)C(=O)O. The van der Waals surface area contributed by atoms with E-state index in [2.05, 4.69) is 0 Å². The summed E-state index contributed by atoms with van der Waals surface area (Å²) in [5.74, 6) is -0.720. The molecule has 0 radical (unpaired) electrons. The number of carbonyl (C=O) groups is 2. The van der Waals surface area contributed by atoms with Crippen molar-refractivity contribution in [2.24, 2.45) is 5.92 Å². The number of carboxylic acid groups (broad SMARTS) is 1. The molecule has 1 aliphatic heterocycles. The molecule has 1 aliphatic rings. The van der Waals surface area contributed by atoms with Crippen molar-refractivity contribution in [3.05, 3.63) is 18.2 Å². The van der Waals surface area contributed by atoms with Gasteiger partial charge in [-0.05, 0) is 26.0 Å². The van der Waals surface area contributed by atoms with E-state index in [1.165, 1.54) is 0 Å². The van der Waals surface area contributed by atoms with Gasteiger partial charge in [0, 0.05) is 31.4 Å². The average Bonchev–Trinajstić information content (AvgIpc) is 2.47. The van der Waals surface area contributed by atoms with E-state index in [-0.39, 0.29) is 18.6 Å². The van der Waals surface area contributed by atoms with Crippen molar-refractivity contribution in [1.82, 2.24) is 0 Å². The maximum absolute atomic E-state index is 11.6. The number of ether oxygens (including phenoxy) is 1. The highest BCUT2D eigenvalue weighted by Gasteiger charge is 2.24. The zero-order valence-electron chi connectivity index (χ0n) is 13.4. The Hall–Kier alpha value is -2.24. The summed E-state index contributed by atoms with van der Waals surface area (Å²) in [7, 11) is 1.72. The predicted octanol–water partition coefficient (Wildman–Crippen LogP) is 1.98. The van der Waals surface area contributed by atoms with Gasteiger partial charge in [-0.3, -0.25) is 9.59 Å². The molecule has 1 amide bonds. The molecule has 1 aromatic carbocycles. The Bertz CT molecular complexity index is 586. The van der Waals surface area contributed by atoms with Gasteiger partial charge >= 0.3 is 5.97 Å². The molecule has 22 heavy (non-hydrogen) atoms. The molecule has 1 unspecified atom stereocenters. The van der Waals surface area contributed by atoms with Crippen LogP contribution in [0, 0.1) is 5.92 Å². The lowest BCUT2D eigenvalue weighted by atomic mass is 10.1. The Balaban J connectivity index is 2.30. The molecule has 6 heteroatoms. The van der Waals surface area contributed by atoms with Crippen LogP contribution in [0.1, 0.15) is 20.8 Å². The molecule has 1 atom stereocenters. The van der Waals surface area contributed by atoms with Gasteiger partial charge in [0.05, 0.1) is 11.6 Å². The maximum atomic E-state index is 11.6. The normalized spacial score (nSPS) is 15.3. The number of nitrogens with zero attached hydrogens (tertiary/aromatic N) is 2. The lowest BCUT2D eigenvalue weighted by Gasteiger charge is -2.32. The van der Waals surface area contributed by atoms with Crippen LogP contribution in [0.25, 0.3) is 0 Å². The maximum Gasteiger partial charge on any atom is 0.308 e. The van der Waals surface area contributed by atoms with Crippen molar-refractivity contribution in [2.45, 2.75) is 26.8 Å². The minimum Gasteiger partial charge on any atom is -0.481 e. The van der Waals surface area contributed by atoms with Crippen molar-refractivity contribution >= 4 is 23.3 Å². The number of fused-ring (bicyclic) bond motifs is 1. The molecule has 1 aromatic rings. The number of carbonyl (C=O) groups excluding carboxylic acids is 1. The van der Waals surface area contributed by atoms with Crippen LogP contribution in [0.15, 0.2) is 18.2 Å². The van der Waals surface area contributed by atoms with Crippen molar-refractivity contribution in [1.29, 1.82) is 0 Å². The molecule has 120 valence electrons. The average molecular weight is 306 g/mol. The van der Waals surface area contributed by atoms with E-state index in [9.17, 15) is 9.59 Å². The van der Waals surface area contributed by atoms with E-state index in [1.807, 2.05) is 36.9 Å². The number of carboxylic acids is 1. The number of benzene rings is 1. The van der Waals surface area contributed by atoms with Crippen LogP contribution in [-0.4, -0.2) is 43.2 Å². The minimum absolute atomic E-state index is 0.0279. The van der Waals surface area contributed by atoms with Gasteiger partial charge < -0.3 is 19.6 Å². The zero-order valence-corrected chi connectivity index (χ0v) is 13.4. The van der Waals surface area contributed by atoms with E-state index in [1.54, 1.807) is 18.9 Å². The van der Waals surface area contributed by atoms with Crippen LogP contribution < -0.4 is 14.5 Å². The molecule has 2 rings (SSSR count). The molecule has 6 nitrogen and oxygen atoms in total. The lowest BCUT2D eigenvalue weighted by Crippen LogP contribution is -2.38. The minimum atomic E-state index is -0.815. The highest BCUT2D eigenvalue weighted by Crippen LogP contribution is 2.35. The number of aliphatic carboxylic acids is 1. The Kier molecular flexibility index (Phi) is 4.59. The van der Waals surface area contributed by atoms with Gasteiger partial charge in [-0.25, -0.2) is 0 Å². The molecule has 0 bridgehead atoms. The number of anilines is 2. The predicted molar refractivity (Wildman–Crippen MR) is 84.6 cm³/mol. The molecule has 0 aliphatic carbocycles. The Morgan fingerprint density at radius 3 is 2.68 bits per heavy atom. The first-order chi connectivity index (χ1) is 10.3. The summed E-state index contributed by atoms with van der Waals surface area (Å²) in [5, 5.41) is 9.12. The highest BCUT2D eigenvalue weighted by atomic mass is 16.5. The molecule has 0 spiro atoms. The zero-order chi connectivity index (χ0) is 16.4. The molecule has 0 saturated heterocycles. The van der Waals surface area contributed by atoms with Crippen LogP contribution in [0.4, 0.5) is 11.4 Å². The summed E-state index contributed by atoms with van der Waals surface area (Å²) in [6, 6.07) is 5.75. The van der Waals surface area contributed by atoms with Gasteiger partial charge in [-0.15, -0.1) is 0 Å². The summed E-state index contributed by atoms with van der Waals surface area (Å²) in [5.41, 5.74) is 1.62. The first kappa shape index (κ1) is 16.1. The number of rotatable bonds is 5.